The smallest absolute Gasteiger partial charge is 0.129 e. The normalized spacial score (nSPS) is 12.5. The van der Waals surface area contributed by atoms with Crippen molar-refractivity contribution < 1.29 is 0 Å². The van der Waals surface area contributed by atoms with E-state index < -0.39 is 0 Å². The monoisotopic (exact) mass is 271 g/mol. The average Bonchev–Trinajstić information content (AvgIpc) is 2.29. The summed E-state index contributed by atoms with van der Waals surface area (Å²) < 4.78 is 0. The summed E-state index contributed by atoms with van der Waals surface area (Å²) in [6.07, 6.45) is 3.85. The Morgan fingerprint density at radius 1 is 1.47 bits per heavy atom. The van der Waals surface area contributed by atoms with Crippen LogP contribution in [-0.2, 0) is 0 Å². The number of alkyl halides is 1. The minimum Gasteiger partial charge on any atom is -0.370 e. The highest BCUT2D eigenvalue weighted by atomic mass is 79.9. The summed E-state index contributed by atoms with van der Waals surface area (Å²) in [5.74, 6) is 1.44. The Morgan fingerprint density at radius 3 is 2.93 bits per heavy atom. The van der Waals surface area contributed by atoms with E-state index in [9.17, 15) is 0 Å². The fraction of sp³-hybridized carbons (Fsp3) is 0.636. The first-order chi connectivity index (χ1) is 7.27. The molecule has 1 atom stereocenters. The van der Waals surface area contributed by atoms with Crippen molar-refractivity contribution >= 4 is 21.7 Å². The molecule has 0 amide bonds. The molecule has 0 aliphatic carbocycles. The van der Waals surface area contributed by atoms with E-state index in [1.165, 1.54) is 0 Å². The Bertz CT molecular complexity index is 291. The topological polar surface area (TPSA) is 37.8 Å². The maximum absolute atomic E-state index is 4.28. The van der Waals surface area contributed by atoms with Crippen LogP contribution in [0.3, 0.4) is 0 Å². The van der Waals surface area contributed by atoms with E-state index in [-0.39, 0.29) is 0 Å². The summed E-state index contributed by atoms with van der Waals surface area (Å²) in [6.45, 7) is 5.30. The highest BCUT2D eigenvalue weighted by Gasteiger charge is 2.05. The lowest BCUT2D eigenvalue weighted by atomic mass is 10.1. The van der Waals surface area contributed by atoms with Gasteiger partial charge in [0.2, 0.25) is 0 Å². The van der Waals surface area contributed by atoms with Crippen LogP contribution in [0.2, 0.25) is 0 Å². The lowest BCUT2D eigenvalue weighted by Gasteiger charge is -2.09. The molecule has 1 aromatic heterocycles. The summed E-state index contributed by atoms with van der Waals surface area (Å²) in [7, 11) is 0. The van der Waals surface area contributed by atoms with Crippen molar-refractivity contribution in [3.8, 4) is 0 Å². The van der Waals surface area contributed by atoms with Crippen LogP contribution in [0.1, 0.15) is 38.3 Å². The van der Waals surface area contributed by atoms with Crippen molar-refractivity contribution in [1.82, 2.24) is 9.97 Å². The van der Waals surface area contributed by atoms with Gasteiger partial charge >= 0.3 is 0 Å². The quantitative estimate of drug-likeness (QED) is 0.638. The first-order valence-electron chi connectivity index (χ1n) is 5.39. The molecule has 0 fully saturated rings. The number of aromatic nitrogens is 2. The van der Waals surface area contributed by atoms with Crippen molar-refractivity contribution in [2.45, 2.75) is 32.6 Å². The molecular formula is C11H18BrN3. The third-order valence-corrected chi connectivity index (χ3v) is 2.98. The lowest BCUT2D eigenvalue weighted by molar-refractivity contribution is 0.704. The van der Waals surface area contributed by atoms with Gasteiger partial charge in [-0.15, -0.1) is 0 Å². The van der Waals surface area contributed by atoms with Gasteiger partial charge in [0.15, 0.2) is 0 Å². The van der Waals surface area contributed by atoms with Gasteiger partial charge in [-0.25, -0.2) is 9.97 Å². The summed E-state index contributed by atoms with van der Waals surface area (Å²) in [5.41, 5.74) is 1.12. The molecule has 1 rings (SSSR count). The second kappa shape index (κ2) is 6.77. The van der Waals surface area contributed by atoms with Crippen LogP contribution in [0.5, 0.6) is 0 Å². The molecule has 0 saturated heterocycles. The fourth-order valence-corrected chi connectivity index (χ4v) is 1.51. The molecule has 1 aromatic rings. The Labute approximate surface area is 99.8 Å². The first-order valence-corrected chi connectivity index (χ1v) is 6.51. The number of nitrogens with one attached hydrogen (secondary N) is 1. The minimum atomic E-state index is 0.504. The molecule has 0 spiro atoms. The van der Waals surface area contributed by atoms with Gasteiger partial charge in [0.25, 0.3) is 0 Å². The molecule has 1 unspecified atom stereocenters. The van der Waals surface area contributed by atoms with E-state index >= 15 is 0 Å². The molecule has 3 nitrogen and oxygen atoms in total. The van der Waals surface area contributed by atoms with Gasteiger partial charge in [-0.3, -0.25) is 0 Å². The molecule has 0 saturated carbocycles. The Balaban J connectivity index is 2.57. The first kappa shape index (κ1) is 12.4. The van der Waals surface area contributed by atoms with Gasteiger partial charge in [-0.2, -0.15) is 0 Å². The number of halogens is 1. The number of hydrogen-bond acceptors (Lipinski definition) is 3. The third-order valence-electron chi connectivity index (χ3n) is 2.42. The van der Waals surface area contributed by atoms with Gasteiger partial charge in [0, 0.05) is 23.6 Å². The van der Waals surface area contributed by atoms with Crippen molar-refractivity contribution in [2.24, 2.45) is 0 Å². The van der Waals surface area contributed by atoms with E-state index in [1.54, 1.807) is 6.33 Å². The van der Waals surface area contributed by atoms with Crippen LogP contribution in [0.25, 0.3) is 0 Å². The largest absolute Gasteiger partial charge is 0.370 e. The molecular weight excluding hydrogens is 254 g/mol. The van der Waals surface area contributed by atoms with Gasteiger partial charge in [0.1, 0.15) is 12.1 Å². The van der Waals surface area contributed by atoms with Crippen LogP contribution in [0, 0.1) is 0 Å². The Kier molecular flexibility index (Phi) is 5.61. The number of rotatable bonds is 6. The molecule has 84 valence electrons. The minimum absolute atomic E-state index is 0.504. The van der Waals surface area contributed by atoms with E-state index in [2.05, 4.69) is 45.1 Å². The Hall–Kier alpha value is -0.640. The number of anilines is 1. The molecule has 4 heteroatoms. The zero-order valence-corrected chi connectivity index (χ0v) is 10.9. The summed E-state index contributed by atoms with van der Waals surface area (Å²) in [6, 6.07) is 2.04. The van der Waals surface area contributed by atoms with Crippen LogP contribution < -0.4 is 5.32 Å². The third kappa shape index (κ3) is 4.16. The maximum Gasteiger partial charge on any atom is 0.129 e. The highest BCUT2D eigenvalue weighted by molar-refractivity contribution is 9.09. The second-order valence-electron chi connectivity index (χ2n) is 3.61. The molecule has 0 radical (unpaired) electrons. The number of nitrogens with zero attached hydrogens (tertiary/aromatic N) is 2. The lowest BCUT2D eigenvalue weighted by Crippen LogP contribution is -2.05. The van der Waals surface area contributed by atoms with Crippen molar-refractivity contribution in [3.05, 3.63) is 18.1 Å². The predicted octanol–water partition coefficient (Wildman–Crippen LogP) is 3.19. The average molecular weight is 272 g/mol. The molecule has 1 N–H and O–H groups in total. The van der Waals surface area contributed by atoms with Crippen molar-refractivity contribution in [1.29, 1.82) is 0 Å². The van der Waals surface area contributed by atoms with Crippen molar-refractivity contribution in [3.63, 3.8) is 0 Å². The van der Waals surface area contributed by atoms with E-state index in [0.29, 0.717) is 5.92 Å². The zero-order valence-electron chi connectivity index (χ0n) is 9.33. The van der Waals surface area contributed by atoms with Crippen LogP contribution in [-0.4, -0.2) is 21.8 Å². The van der Waals surface area contributed by atoms with E-state index in [4.69, 9.17) is 0 Å². The molecule has 0 bridgehead atoms. The Morgan fingerprint density at radius 2 is 2.27 bits per heavy atom. The van der Waals surface area contributed by atoms with E-state index in [1.807, 2.05) is 6.07 Å². The summed E-state index contributed by atoms with van der Waals surface area (Å²) in [4.78, 5) is 8.47. The van der Waals surface area contributed by atoms with Crippen molar-refractivity contribution in [2.75, 3.05) is 17.2 Å². The standard InChI is InChI=1S/C11H18BrN3/c1-3-9(2)10-7-11(15-8-14-10)13-6-4-5-12/h7-9H,3-6H2,1-2H3,(H,13,14,15). The maximum atomic E-state index is 4.28. The van der Waals surface area contributed by atoms with Gasteiger partial charge in [0.05, 0.1) is 0 Å². The second-order valence-corrected chi connectivity index (χ2v) is 4.40. The van der Waals surface area contributed by atoms with Gasteiger partial charge in [-0.1, -0.05) is 29.8 Å². The van der Waals surface area contributed by atoms with Crippen LogP contribution >= 0.6 is 15.9 Å². The summed E-state index contributed by atoms with van der Waals surface area (Å²) in [5, 5.41) is 4.30. The molecule has 15 heavy (non-hydrogen) atoms. The van der Waals surface area contributed by atoms with Gasteiger partial charge < -0.3 is 5.32 Å². The zero-order chi connectivity index (χ0) is 11.1. The predicted molar refractivity (Wildman–Crippen MR) is 67.6 cm³/mol. The van der Waals surface area contributed by atoms with Crippen LogP contribution in [0.4, 0.5) is 5.82 Å². The highest BCUT2D eigenvalue weighted by Crippen LogP contribution is 2.17. The summed E-state index contributed by atoms with van der Waals surface area (Å²) >= 11 is 3.40. The fourth-order valence-electron chi connectivity index (χ4n) is 1.23. The molecule has 0 aromatic carbocycles. The van der Waals surface area contributed by atoms with Crippen LogP contribution in [0.15, 0.2) is 12.4 Å². The number of hydrogen-bond donors (Lipinski definition) is 1. The SMILES string of the molecule is CCC(C)c1cc(NCCCBr)ncn1. The molecule has 0 aliphatic rings. The molecule has 0 aliphatic heterocycles. The molecule has 1 heterocycles. The van der Waals surface area contributed by atoms with Gasteiger partial charge in [-0.05, 0) is 18.8 Å². The van der Waals surface area contributed by atoms with E-state index in [0.717, 1.165) is 36.2 Å².